The second-order valence-electron chi connectivity index (χ2n) is 4.63. The highest BCUT2D eigenvalue weighted by molar-refractivity contribution is 6.07. The van der Waals surface area contributed by atoms with Crippen molar-refractivity contribution < 1.29 is 24.2 Å². The van der Waals surface area contributed by atoms with Crippen LogP contribution in [0.1, 0.15) is 27.2 Å². The average molecular weight is 246 g/mol. The van der Waals surface area contributed by atoms with Crippen molar-refractivity contribution in [2.45, 2.75) is 38.3 Å². The van der Waals surface area contributed by atoms with E-state index in [0.29, 0.717) is 0 Å². The molecule has 0 unspecified atom stereocenters. The standard InChI is InChI=1S/C10H18N2O5/c1-9(2,3)17-8(16)10(11,7(14)15)5-6(13)12-4/h5,11H2,1-4H3,(H,12,13)(H,14,15)/t10-/m0/s1. The number of carboxylic acids is 1. The molecule has 0 aliphatic rings. The molecule has 0 fully saturated rings. The summed E-state index contributed by atoms with van der Waals surface area (Å²) in [7, 11) is 1.32. The average Bonchev–Trinajstić information content (AvgIpc) is 2.14. The van der Waals surface area contributed by atoms with E-state index in [9.17, 15) is 14.4 Å². The van der Waals surface area contributed by atoms with Gasteiger partial charge in [-0.2, -0.15) is 0 Å². The number of esters is 1. The maximum atomic E-state index is 11.7. The van der Waals surface area contributed by atoms with E-state index in [4.69, 9.17) is 15.6 Å². The highest BCUT2D eigenvalue weighted by Gasteiger charge is 2.47. The second kappa shape index (κ2) is 5.13. The Morgan fingerprint density at radius 3 is 2.06 bits per heavy atom. The minimum atomic E-state index is -2.37. The van der Waals surface area contributed by atoms with E-state index < -0.39 is 35.4 Å². The van der Waals surface area contributed by atoms with Gasteiger partial charge in [-0.1, -0.05) is 0 Å². The van der Waals surface area contributed by atoms with Gasteiger partial charge in [0.25, 0.3) is 0 Å². The van der Waals surface area contributed by atoms with Crippen LogP contribution in [0.4, 0.5) is 0 Å². The molecule has 98 valence electrons. The molecule has 4 N–H and O–H groups in total. The fourth-order valence-electron chi connectivity index (χ4n) is 0.946. The molecule has 7 heteroatoms. The molecule has 0 radical (unpaired) electrons. The molecule has 0 aliphatic carbocycles. The summed E-state index contributed by atoms with van der Waals surface area (Å²) in [5, 5.41) is 11.1. The van der Waals surface area contributed by atoms with Crippen LogP contribution in [0.3, 0.4) is 0 Å². The minimum Gasteiger partial charge on any atom is -0.479 e. The van der Waals surface area contributed by atoms with Gasteiger partial charge in [0.1, 0.15) is 5.60 Å². The highest BCUT2D eigenvalue weighted by Crippen LogP contribution is 2.16. The maximum absolute atomic E-state index is 11.7. The predicted octanol–water partition coefficient (Wildman–Crippen LogP) is -0.754. The molecule has 1 atom stereocenters. The molecule has 17 heavy (non-hydrogen) atoms. The number of amides is 1. The largest absolute Gasteiger partial charge is 0.479 e. The summed E-state index contributed by atoms with van der Waals surface area (Å²) in [4.78, 5) is 33.8. The Labute approximate surface area is 99.3 Å². The summed E-state index contributed by atoms with van der Waals surface area (Å²) >= 11 is 0. The Hall–Kier alpha value is -1.63. The van der Waals surface area contributed by atoms with Gasteiger partial charge in [-0.05, 0) is 20.8 Å². The van der Waals surface area contributed by atoms with Crippen molar-refractivity contribution in [3.05, 3.63) is 0 Å². The third-order valence-electron chi connectivity index (χ3n) is 1.86. The van der Waals surface area contributed by atoms with Gasteiger partial charge in [-0.15, -0.1) is 0 Å². The lowest BCUT2D eigenvalue weighted by molar-refractivity contribution is -0.170. The molecule has 0 spiro atoms. The molecule has 0 saturated carbocycles. The molecular formula is C10H18N2O5. The van der Waals surface area contributed by atoms with Gasteiger partial charge in [0.05, 0.1) is 6.42 Å². The number of carbonyl (C=O) groups excluding carboxylic acids is 2. The summed E-state index contributed by atoms with van der Waals surface area (Å²) in [6.45, 7) is 4.73. The van der Waals surface area contributed by atoms with Crippen molar-refractivity contribution in [3.63, 3.8) is 0 Å². The SMILES string of the molecule is CNC(=O)C[C@](N)(C(=O)O)C(=O)OC(C)(C)C. The summed E-state index contributed by atoms with van der Waals surface area (Å²) in [5.74, 6) is -3.39. The number of ether oxygens (including phenoxy) is 1. The number of rotatable bonds is 4. The van der Waals surface area contributed by atoms with Crippen LogP contribution in [0, 0.1) is 0 Å². The van der Waals surface area contributed by atoms with Crippen LogP contribution in [0.2, 0.25) is 0 Å². The number of nitrogens with two attached hydrogens (primary N) is 1. The van der Waals surface area contributed by atoms with E-state index in [1.165, 1.54) is 7.05 Å². The number of nitrogens with one attached hydrogen (secondary N) is 1. The van der Waals surface area contributed by atoms with Crippen molar-refractivity contribution in [2.75, 3.05) is 7.05 Å². The second-order valence-corrected chi connectivity index (χ2v) is 4.63. The van der Waals surface area contributed by atoms with E-state index in [0.717, 1.165) is 0 Å². The van der Waals surface area contributed by atoms with Crippen LogP contribution in [0.5, 0.6) is 0 Å². The van der Waals surface area contributed by atoms with E-state index in [2.05, 4.69) is 5.32 Å². The molecule has 0 aromatic heterocycles. The van der Waals surface area contributed by atoms with Crippen LogP contribution in [0.15, 0.2) is 0 Å². The highest BCUT2D eigenvalue weighted by atomic mass is 16.6. The number of carbonyl (C=O) groups is 3. The zero-order valence-electron chi connectivity index (χ0n) is 10.4. The Morgan fingerprint density at radius 1 is 1.29 bits per heavy atom. The Bertz CT molecular complexity index is 334. The van der Waals surface area contributed by atoms with E-state index in [1.54, 1.807) is 20.8 Å². The molecule has 0 rings (SSSR count). The molecule has 7 nitrogen and oxygen atoms in total. The summed E-state index contributed by atoms with van der Waals surface area (Å²) in [6, 6.07) is 0. The van der Waals surface area contributed by atoms with E-state index in [1.807, 2.05) is 0 Å². The fourth-order valence-corrected chi connectivity index (χ4v) is 0.946. The first-order valence-corrected chi connectivity index (χ1v) is 4.99. The van der Waals surface area contributed by atoms with Gasteiger partial charge in [0, 0.05) is 7.05 Å². The number of aliphatic carboxylic acids is 1. The van der Waals surface area contributed by atoms with Crippen molar-refractivity contribution in [1.29, 1.82) is 0 Å². The molecule has 0 bridgehead atoms. The molecule has 1 amide bonds. The van der Waals surface area contributed by atoms with Gasteiger partial charge >= 0.3 is 11.9 Å². The number of carboxylic acid groups (broad SMARTS) is 1. The molecule has 0 aromatic carbocycles. The van der Waals surface area contributed by atoms with Crippen LogP contribution in [0.25, 0.3) is 0 Å². The maximum Gasteiger partial charge on any atom is 0.338 e. The van der Waals surface area contributed by atoms with Crippen molar-refractivity contribution in [1.82, 2.24) is 5.32 Å². The molecule has 0 saturated heterocycles. The number of hydrogen-bond donors (Lipinski definition) is 3. The molecule has 0 heterocycles. The van der Waals surface area contributed by atoms with Gasteiger partial charge in [0.15, 0.2) is 0 Å². The summed E-state index contributed by atoms with van der Waals surface area (Å²) in [5.41, 5.74) is 2.19. The normalized spacial score (nSPS) is 14.6. The quantitative estimate of drug-likeness (QED) is 0.443. The molecular weight excluding hydrogens is 228 g/mol. The van der Waals surface area contributed by atoms with E-state index >= 15 is 0 Å². The lowest BCUT2D eigenvalue weighted by Gasteiger charge is -2.27. The van der Waals surface area contributed by atoms with Crippen LogP contribution >= 0.6 is 0 Å². The van der Waals surface area contributed by atoms with E-state index in [-0.39, 0.29) is 0 Å². The number of hydrogen-bond acceptors (Lipinski definition) is 5. The topological polar surface area (TPSA) is 119 Å². The monoisotopic (exact) mass is 246 g/mol. The lowest BCUT2D eigenvalue weighted by atomic mass is 9.96. The Morgan fingerprint density at radius 2 is 1.76 bits per heavy atom. The lowest BCUT2D eigenvalue weighted by Crippen LogP contribution is -2.59. The van der Waals surface area contributed by atoms with Gasteiger partial charge in [0.2, 0.25) is 11.4 Å². The first-order chi connectivity index (χ1) is 7.53. The fraction of sp³-hybridized carbons (Fsp3) is 0.700. The minimum absolute atomic E-state index is 0.652. The smallest absolute Gasteiger partial charge is 0.338 e. The summed E-state index contributed by atoms with van der Waals surface area (Å²) in [6.07, 6.45) is -0.673. The van der Waals surface area contributed by atoms with Crippen LogP contribution in [-0.2, 0) is 19.1 Å². The Kier molecular flexibility index (Phi) is 4.64. The molecule has 0 aromatic rings. The zero-order valence-corrected chi connectivity index (χ0v) is 10.4. The van der Waals surface area contributed by atoms with Gasteiger partial charge < -0.3 is 20.9 Å². The summed E-state index contributed by atoms with van der Waals surface area (Å²) < 4.78 is 4.88. The first kappa shape index (κ1) is 15.4. The first-order valence-electron chi connectivity index (χ1n) is 4.99. The van der Waals surface area contributed by atoms with Crippen molar-refractivity contribution in [2.24, 2.45) is 5.73 Å². The Balaban J connectivity index is 5.02. The molecule has 0 aliphatic heterocycles. The third kappa shape index (κ3) is 4.39. The third-order valence-corrected chi connectivity index (χ3v) is 1.86. The van der Waals surface area contributed by atoms with Crippen LogP contribution in [-0.4, -0.2) is 41.1 Å². The zero-order chi connectivity index (χ0) is 13.9. The van der Waals surface area contributed by atoms with Crippen molar-refractivity contribution >= 4 is 17.8 Å². The van der Waals surface area contributed by atoms with Gasteiger partial charge in [-0.3, -0.25) is 4.79 Å². The van der Waals surface area contributed by atoms with Crippen molar-refractivity contribution in [3.8, 4) is 0 Å². The predicted molar refractivity (Wildman–Crippen MR) is 59.1 cm³/mol. The van der Waals surface area contributed by atoms with Crippen LogP contribution < -0.4 is 11.1 Å². The van der Waals surface area contributed by atoms with Gasteiger partial charge in [-0.25, -0.2) is 9.59 Å².